The minimum absolute atomic E-state index is 0.0895. The topological polar surface area (TPSA) is 49.0 Å². The van der Waals surface area contributed by atoms with Gasteiger partial charge in [0.2, 0.25) is 0 Å². The summed E-state index contributed by atoms with van der Waals surface area (Å²) in [7, 11) is 1.70. The van der Waals surface area contributed by atoms with Crippen molar-refractivity contribution >= 4 is 17.3 Å². The third-order valence-corrected chi connectivity index (χ3v) is 6.72. The van der Waals surface area contributed by atoms with Crippen LogP contribution in [-0.4, -0.2) is 78.5 Å². The van der Waals surface area contributed by atoms with Crippen molar-refractivity contribution in [2.45, 2.75) is 70.6 Å². The monoisotopic (exact) mass is 462 g/mol. The van der Waals surface area contributed by atoms with E-state index in [1.165, 1.54) is 5.56 Å². The Morgan fingerprint density at radius 3 is 2.38 bits per heavy atom. The van der Waals surface area contributed by atoms with Gasteiger partial charge in [0.1, 0.15) is 5.75 Å². The zero-order valence-electron chi connectivity index (χ0n) is 20.6. The lowest BCUT2D eigenvalue weighted by atomic mass is 9.80. The van der Waals surface area contributed by atoms with Crippen molar-refractivity contribution in [3.05, 3.63) is 29.8 Å². The molecular formula is C25H42N4O2S. The molecule has 2 heterocycles. The van der Waals surface area contributed by atoms with E-state index < -0.39 is 0 Å². The van der Waals surface area contributed by atoms with Crippen LogP contribution in [-0.2, 0) is 11.3 Å². The molecule has 0 aromatic heterocycles. The largest absolute Gasteiger partial charge is 0.497 e. The molecule has 32 heavy (non-hydrogen) atoms. The van der Waals surface area contributed by atoms with Crippen LogP contribution in [0.1, 0.15) is 52.5 Å². The molecule has 1 aromatic carbocycles. The van der Waals surface area contributed by atoms with Crippen molar-refractivity contribution in [1.29, 1.82) is 0 Å². The molecule has 6 nitrogen and oxygen atoms in total. The molecule has 0 atom stereocenters. The Labute approximate surface area is 200 Å². The van der Waals surface area contributed by atoms with Gasteiger partial charge in [0.05, 0.1) is 20.3 Å². The summed E-state index contributed by atoms with van der Waals surface area (Å²) in [5.74, 6) is 0.882. The molecule has 2 N–H and O–H groups in total. The quantitative estimate of drug-likeness (QED) is 0.574. The Balaban J connectivity index is 1.63. The van der Waals surface area contributed by atoms with E-state index in [4.69, 9.17) is 21.7 Å². The van der Waals surface area contributed by atoms with Crippen LogP contribution < -0.4 is 15.4 Å². The number of thiocarbonyl (C=S) groups is 1. The molecule has 1 aromatic rings. The molecule has 2 fully saturated rings. The third-order valence-electron chi connectivity index (χ3n) is 6.34. The van der Waals surface area contributed by atoms with E-state index in [1.54, 1.807) is 7.11 Å². The van der Waals surface area contributed by atoms with Crippen LogP contribution in [0.15, 0.2) is 24.3 Å². The Morgan fingerprint density at radius 2 is 1.78 bits per heavy atom. The average molecular weight is 463 g/mol. The number of benzene rings is 1. The van der Waals surface area contributed by atoms with Crippen molar-refractivity contribution < 1.29 is 9.47 Å². The highest BCUT2D eigenvalue weighted by molar-refractivity contribution is 7.80. The van der Waals surface area contributed by atoms with E-state index in [1.807, 2.05) is 12.1 Å². The lowest BCUT2D eigenvalue weighted by Gasteiger charge is -2.47. The maximum Gasteiger partial charge on any atom is 0.169 e. The van der Waals surface area contributed by atoms with Crippen molar-refractivity contribution in [3.8, 4) is 5.75 Å². The van der Waals surface area contributed by atoms with E-state index in [0.717, 1.165) is 76.1 Å². The highest BCUT2D eigenvalue weighted by atomic mass is 32.1. The predicted octanol–water partition coefficient (Wildman–Crippen LogP) is 3.40. The fraction of sp³-hybridized carbons (Fsp3) is 0.720. The number of methoxy groups -OCH3 is 1. The average Bonchev–Trinajstić information content (AvgIpc) is 2.72. The number of rotatable bonds is 8. The maximum atomic E-state index is 5.96. The van der Waals surface area contributed by atoms with Gasteiger partial charge in [-0.2, -0.15) is 0 Å². The van der Waals surface area contributed by atoms with Gasteiger partial charge in [-0.1, -0.05) is 12.1 Å². The summed E-state index contributed by atoms with van der Waals surface area (Å²) in [6.45, 7) is 15.7. The van der Waals surface area contributed by atoms with Crippen LogP contribution >= 0.6 is 12.2 Å². The van der Waals surface area contributed by atoms with Gasteiger partial charge in [0, 0.05) is 49.8 Å². The molecule has 0 amide bonds. The van der Waals surface area contributed by atoms with Crippen molar-refractivity contribution in [2.75, 3.05) is 46.5 Å². The minimum Gasteiger partial charge on any atom is -0.497 e. The number of nitrogens with zero attached hydrogens (tertiary/aromatic N) is 2. The second kappa shape index (κ2) is 11.1. The maximum absolute atomic E-state index is 5.96. The van der Waals surface area contributed by atoms with Crippen LogP contribution in [0.25, 0.3) is 0 Å². The van der Waals surface area contributed by atoms with Crippen LogP contribution in [0.5, 0.6) is 5.75 Å². The second-order valence-electron chi connectivity index (χ2n) is 10.5. The summed E-state index contributed by atoms with van der Waals surface area (Å²) >= 11 is 5.96. The van der Waals surface area contributed by atoms with Crippen LogP contribution in [0.2, 0.25) is 0 Å². The number of hydrogen-bond acceptors (Lipinski definition) is 5. The Bertz CT molecular complexity index is 716. The van der Waals surface area contributed by atoms with Gasteiger partial charge < -0.3 is 25.0 Å². The molecule has 0 radical (unpaired) electrons. The molecule has 0 aliphatic carbocycles. The summed E-state index contributed by atoms with van der Waals surface area (Å²) in [6, 6.07) is 8.68. The molecule has 2 saturated heterocycles. The number of piperidine rings is 1. The molecule has 0 unspecified atom stereocenters. The van der Waals surface area contributed by atoms with Gasteiger partial charge in [-0.3, -0.25) is 4.90 Å². The van der Waals surface area contributed by atoms with Crippen LogP contribution in [0.4, 0.5) is 0 Å². The van der Waals surface area contributed by atoms with Gasteiger partial charge >= 0.3 is 0 Å². The molecular weight excluding hydrogens is 420 g/mol. The number of nitrogens with one attached hydrogen (secondary N) is 2. The van der Waals surface area contributed by atoms with Gasteiger partial charge in [-0.15, -0.1) is 0 Å². The van der Waals surface area contributed by atoms with E-state index in [2.05, 4.69) is 60.3 Å². The molecule has 2 aliphatic rings. The lowest BCUT2D eigenvalue weighted by Crippen LogP contribution is -2.62. The lowest BCUT2D eigenvalue weighted by molar-refractivity contribution is 0.0367. The number of morpholine rings is 1. The van der Waals surface area contributed by atoms with Crippen LogP contribution in [0, 0.1) is 0 Å². The highest BCUT2D eigenvalue weighted by Gasteiger charge is 2.38. The van der Waals surface area contributed by atoms with E-state index in [-0.39, 0.29) is 11.1 Å². The first kappa shape index (κ1) is 25.2. The highest BCUT2D eigenvalue weighted by Crippen LogP contribution is 2.28. The summed E-state index contributed by atoms with van der Waals surface area (Å²) in [5, 5.41) is 8.34. The summed E-state index contributed by atoms with van der Waals surface area (Å²) in [6.07, 6.45) is 3.20. The van der Waals surface area contributed by atoms with Gasteiger partial charge in [-0.05, 0) is 76.9 Å². The first-order valence-electron chi connectivity index (χ1n) is 11.9. The van der Waals surface area contributed by atoms with Gasteiger partial charge in [0.15, 0.2) is 5.11 Å². The zero-order valence-corrected chi connectivity index (χ0v) is 21.4. The Kier molecular flexibility index (Phi) is 8.78. The molecule has 2 aliphatic heterocycles. The van der Waals surface area contributed by atoms with Gasteiger partial charge in [-0.25, -0.2) is 0 Å². The molecule has 3 rings (SSSR count). The first-order valence-corrected chi connectivity index (χ1v) is 12.3. The first-order chi connectivity index (χ1) is 15.2. The van der Waals surface area contributed by atoms with Crippen molar-refractivity contribution in [2.24, 2.45) is 0 Å². The van der Waals surface area contributed by atoms with Crippen LogP contribution in [0.3, 0.4) is 0 Å². The molecule has 180 valence electrons. The smallest absolute Gasteiger partial charge is 0.169 e. The van der Waals surface area contributed by atoms with E-state index in [0.29, 0.717) is 6.04 Å². The summed E-state index contributed by atoms with van der Waals surface area (Å²) in [4.78, 5) is 4.82. The zero-order chi connectivity index (χ0) is 23.2. The SMILES string of the molecule is COc1ccc(CN(CCCN2CCOCC2)C(=S)NC2CC(C)(C)NC(C)(C)C2)cc1. The second-order valence-corrected chi connectivity index (χ2v) is 10.9. The van der Waals surface area contributed by atoms with Gasteiger partial charge in [0.25, 0.3) is 0 Å². The minimum atomic E-state index is 0.0895. The van der Waals surface area contributed by atoms with Crippen molar-refractivity contribution in [1.82, 2.24) is 20.4 Å². The normalized spacial score (nSPS) is 21.2. The Morgan fingerprint density at radius 1 is 1.16 bits per heavy atom. The van der Waals surface area contributed by atoms with E-state index in [9.17, 15) is 0 Å². The fourth-order valence-electron chi connectivity index (χ4n) is 5.20. The number of hydrogen-bond donors (Lipinski definition) is 2. The predicted molar refractivity (Wildman–Crippen MR) is 135 cm³/mol. The molecule has 7 heteroatoms. The number of ether oxygens (including phenoxy) is 2. The molecule has 0 saturated carbocycles. The summed E-state index contributed by atoms with van der Waals surface area (Å²) < 4.78 is 10.8. The third kappa shape index (κ3) is 7.87. The fourth-order valence-corrected chi connectivity index (χ4v) is 5.53. The molecule has 0 bridgehead atoms. The van der Waals surface area contributed by atoms with Crippen molar-refractivity contribution in [3.63, 3.8) is 0 Å². The summed E-state index contributed by atoms with van der Waals surface area (Å²) in [5.41, 5.74) is 1.42. The Hall–Kier alpha value is -1.41. The van der Waals surface area contributed by atoms with E-state index >= 15 is 0 Å². The standard InChI is InChI=1S/C25H42N4O2S/c1-24(2)17-21(18-25(3,4)27-24)26-23(32)29(12-6-11-28-13-15-31-16-14-28)19-20-7-9-22(30-5)10-8-20/h7-10,21,27H,6,11-19H2,1-5H3,(H,26,32). The molecule has 0 spiro atoms.